The maximum atomic E-state index is 10.2. The van der Waals surface area contributed by atoms with E-state index in [0.29, 0.717) is 6.54 Å². The molecule has 2 atom stereocenters. The predicted molar refractivity (Wildman–Crippen MR) is 85.9 cm³/mol. The SMILES string of the molecule is Cc1cccc2c1OCCCC2NCC(O)c1ccsc1. The first-order chi connectivity index (χ1) is 10.3. The Balaban J connectivity index is 1.72. The number of ether oxygens (including phenoxy) is 1. The Morgan fingerprint density at radius 3 is 3.14 bits per heavy atom. The summed E-state index contributed by atoms with van der Waals surface area (Å²) in [6.45, 7) is 3.42. The number of aliphatic hydroxyl groups excluding tert-OH is 1. The van der Waals surface area contributed by atoms with Crippen molar-refractivity contribution in [1.82, 2.24) is 5.32 Å². The van der Waals surface area contributed by atoms with Gasteiger partial charge in [-0.05, 0) is 47.7 Å². The summed E-state index contributed by atoms with van der Waals surface area (Å²) >= 11 is 1.62. The van der Waals surface area contributed by atoms with E-state index < -0.39 is 6.10 Å². The summed E-state index contributed by atoms with van der Waals surface area (Å²) in [5, 5.41) is 17.7. The van der Waals surface area contributed by atoms with E-state index in [2.05, 4.69) is 30.4 Å². The highest BCUT2D eigenvalue weighted by Gasteiger charge is 2.21. The molecule has 1 aromatic carbocycles. The summed E-state index contributed by atoms with van der Waals surface area (Å²) in [6.07, 6.45) is 1.61. The van der Waals surface area contributed by atoms with Crippen molar-refractivity contribution in [3.05, 3.63) is 51.7 Å². The molecule has 3 rings (SSSR count). The molecule has 0 bridgehead atoms. The zero-order chi connectivity index (χ0) is 14.7. The molecule has 4 heteroatoms. The van der Waals surface area contributed by atoms with Crippen LogP contribution in [0.2, 0.25) is 0 Å². The van der Waals surface area contributed by atoms with Crippen LogP contribution in [0.15, 0.2) is 35.0 Å². The molecule has 112 valence electrons. The molecule has 0 radical (unpaired) electrons. The van der Waals surface area contributed by atoms with Gasteiger partial charge in [-0.15, -0.1) is 0 Å². The lowest BCUT2D eigenvalue weighted by Crippen LogP contribution is -2.26. The third kappa shape index (κ3) is 3.28. The van der Waals surface area contributed by atoms with Gasteiger partial charge in [0, 0.05) is 18.2 Å². The molecule has 0 saturated heterocycles. The largest absolute Gasteiger partial charge is 0.493 e. The molecule has 3 nitrogen and oxygen atoms in total. The highest BCUT2D eigenvalue weighted by Crippen LogP contribution is 2.34. The molecule has 1 aliphatic heterocycles. The van der Waals surface area contributed by atoms with Crippen LogP contribution in [0, 0.1) is 6.92 Å². The molecule has 2 heterocycles. The van der Waals surface area contributed by atoms with E-state index in [1.165, 1.54) is 11.1 Å². The molecule has 0 aliphatic carbocycles. The molecule has 0 amide bonds. The van der Waals surface area contributed by atoms with Gasteiger partial charge in [0.15, 0.2) is 0 Å². The molecule has 1 aliphatic rings. The molecule has 0 fully saturated rings. The van der Waals surface area contributed by atoms with Crippen LogP contribution in [0.1, 0.15) is 41.7 Å². The Bertz CT molecular complexity index is 582. The first-order valence-electron chi connectivity index (χ1n) is 7.41. The van der Waals surface area contributed by atoms with Crippen LogP contribution >= 0.6 is 11.3 Å². The minimum atomic E-state index is -0.450. The molecular formula is C17H21NO2S. The van der Waals surface area contributed by atoms with Crippen molar-refractivity contribution in [1.29, 1.82) is 0 Å². The first kappa shape index (κ1) is 14.6. The molecule has 21 heavy (non-hydrogen) atoms. The fourth-order valence-electron chi connectivity index (χ4n) is 2.81. The fraction of sp³-hybridized carbons (Fsp3) is 0.412. The number of aliphatic hydroxyl groups is 1. The van der Waals surface area contributed by atoms with Gasteiger partial charge < -0.3 is 15.2 Å². The van der Waals surface area contributed by atoms with Crippen LogP contribution in [0.25, 0.3) is 0 Å². The quantitative estimate of drug-likeness (QED) is 0.907. The number of aryl methyl sites for hydroxylation is 1. The number of benzene rings is 1. The minimum absolute atomic E-state index is 0.246. The lowest BCUT2D eigenvalue weighted by atomic mass is 9.99. The number of hydrogen-bond acceptors (Lipinski definition) is 4. The second-order valence-corrected chi connectivity index (χ2v) is 6.30. The van der Waals surface area contributed by atoms with Crippen LogP contribution in [0.4, 0.5) is 0 Å². The van der Waals surface area contributed by atoms with Gasteiger partial charge in [0.25, 0.3) is 0 Å². The van der Waals surface area contributed by atoms with Gasteiger partial charge >= 0.3 is 0 Å². The van der Waals surface area contributed by atoms with E-state index in [9.17, 15) is 5.11 Å². The van der Waals surface area contributed by atoms with Gasteiger partial charge in [-0.1, -0.05) is 18.2 Å². The Kier molecular flexibility index (Phi) is 4.58. The molecule has 0 spiro atoms. The summed E-state index contributed by atoms with van der Waals surface area (Å²) in [4.78, 5) is 0. The maximum Gasteiger partial charge on any atom is 0.126 e. The van der Waals surface area contributed by atoms with Crippen molar-refractivity contribution < 1.29 is 9.84 Å². The number of fused-ring (bicyclic) bond motifs is 1. The smallest absolute Gasteiger partial charge is 0.126 e. The summed E-state index contributed by atoms with van der Waals surface area (Å²) in [5.74, 6) is 1.01. The minimum Gasteiger partial charge on any atom is -0.493 e. The van der Waals surface area contributed by atoms with E-state index >= 15 is 0 Å². The fourth-order valence-corrected chi connectivity index (χ4v) is 3.52. The Morgan fingerprint density at radius 2 is 2.33 bits per heavy atom. The summed E-state index contributed by atoms with van der Waals surface area (Å²) < 4.78 is 5.89. The van der Waals surface area contributed by atoms with Crippen molar-refractivity contribution in [2.24, 2.45) is 0 Å². The molecule has 0 saturated carbocycles. The van der Waals surface area contributed by atoms with E-state index in [0.717, 1.165) is 30.8 Å². The second kappa shape index (κ2) is 6.60. The highest BCUT2D eigenvalue weighted by molar-refractivity contribution is 7.07. The lowest BCUT2D eigenvalue weighted by molar-refractivity contribution is 0.169. The van der Waals surface area contributed by atoms with Gasteiger partial charge in [0.05, 0.1) is 12.7 Å². The number of nitrogens with one attached hydrogen (secondary N) is 1. The first-order valence-corrected chi connectivity index (χ1v) is 8.36. The monoisotopic (exact) mass is 303 g/mol. The Morgan fingerprint density at radius 1 is 1.43 bits per heavy atom. The zero-order valence-corrected chi connectivity index (χ0v) is 13.0. The van der Waals surface area contributed by atoms with Gasteiger partial charge in [-0.2, -0.15) is 11.3 Å². The average molecular weight is 303 g/mol. The molecular weight excluding hydrogens is 282 g/mol. The van der Waals surface area contributed by atoms with Crippen LogP contribution in [-0.4, -0.2) is 18.3 Å². The number of thiophene rings is 1. The maximum absolute atomic E-state index is 10.2. The van der Waals surface area contributed by atoms with Crippen molar-refractivity contribution in [3.8, 4) is 5.75 Å². The van der Waals surface area contributed by atoms with E-state index in [1.54, 1.807) is 11.3 Å². The molecule has 2 unspecified atom stereocenters. The third-order valence-electron chi connectivity index (χ3n) is 3.99. The predicted octanol–water partition coefficient (Wildman–Crippen LogP) is 3.59. The van der Waals surface area contributed by atoms with Crippen LogP contribution in [0.5, 0.6) is 5.75 Å². The lowest BCUT2D eigenvalue weighted by Gasteiger charge is -2.21. The molecule has 2 N–H and O–H groups in total. The number of hydrogen-bond donors (Lipinski definition) is 2. The zero-order valence-electron chi connectivity index (χ0n) is 12.2. The number of para-hydroxylation sites is 1. The van der Waals surface area contributed by atoms with Gasteiger partial charge in [-0.25, -0.2) is 0 Å². The normalized spacial score (nSPS) is 19.4. The van der Waals surface area contributed by atoms with Gasteiger partial charge in [0.1, 0.15) is 5.75 Å². The van der Waals surface area contributed by atoms with Crippen LogP contribution < -0.4 is 10.1 Å². The molecule has 2 aromatic rings. The van der Waals surface area contributed by atoms with Crippen LogP contribution in [0.3, 0.4) is 0 Å². The molecule has 1 aromatic heterocycles. The second-order valence-electron chi connectivity index (χ2n) is 5.52. The summed E-state index contributed by atoms with van der Waals surface area (Å²) in [7, 11) is 0. The van der Waals surface area contributed by atoms with Gasteiger partial charge in [-0.3, -0.25) is 0 Å². The van der Waals surface area contributed by atoms with Crippen molar-refractivity contribution in [3.63, 3.8) is 0 Å². The van der Waals surface area contributed by atoms with Crippen molar-refractivity contribution in [2.75, 3.05) is 13.2 Å². The number of rotatable bonds is 4. The average Bonchev–Trinajstić information content (AvgIpc) is 2.94. The topological polar surface area (TPSA) is 41.5 Å². The van der Waals surface area contributed by atoms with Gasteiger partial charge in [0.2, 0.25) is 0 Å². The van der Waals surface area contributed by atoms with E-state index in [4.69, 9.17) is 4.74 Å². The van der Waals surface area contributed by atoms with E-state index in [1.807, 2.05) is 16.8 Å². The standard InChI is InChI=1S/C17H21NO2S/c1-12-4-2-5-14-15(6-3-8-20-17(12)14)18-10-16(19)13-7-9-21-11-13/h2,4-5,7,9,11,15-16,18-19H,3,6,8,10H2,1H3. The van der Waals surface area contributed by atoms with Crippen molar-refractivity contribution in [2.45, 2.75) is 31.9 Å². The highest BCUT2D eigenvalue weighted by atomic mass is 32.1. The van der Waals surface area contributed by atoms with Crippen LogP contribution in [-0.2, 0) is 0 Å². The Labute approximate surface area is 129 Å². The third-order valence-corrected chi connectivity index (χ3v) is 4.69. The van der Waals surface area contributed by atoms with Crippen molar-refractivity contribution >= 4 is 11.3 Å². The summed E-state index contributed by atoms with van der Waals surface area (Å²) in [5.41, 5.74) is 3.38. The summed E-state index contributed by atoms with van der Waals surface area (Å²) in [6, 6.07) is 8.51. The van der Waals surface area contributed by atoms with E-state index in [-0.39, 0.29) is 6.04 Å². The Hall–Kier alpha value is -1.36.